The minimum Gasteiger partial charge on any atom is -0.376 e. The van der Waals surface area contributed by atoms with Crippen molar-refractivity contribution in [3.8, 4) is 0 Å². The highest BCUT2D eigenvalue weighted by Gasteiger charge is 2.23. The summed E-state index contributed by atoms with van der Waals surface area (Å²) in [5, 5.41) is 7.38. The van der Waals surface area contributed by atoms with E-state index >= 15 is 0 Å². The van der Waals surface area contributed by atoms with Gasteiger partial charge >= 0.3 is 0 Å². The normalized spacial score (nSPS) is 29.1. The molecule has 2 heterocycles. The van der Waals surface area contributed by atoms with E-state index < -0.39 is 0 Å². The number of ether oxygens (including phenoxy) is 1. The Morgan fingerprint density at radius 2 is 2.15 bits per heavy atom. The van der Waals surface area contributed by atoms with Crippen LogP contribution in [0.3, 0.4) is 0 Å². The lowest BCUT2D eigenvalue weighted by atomic mass is 10.0. The van der Waals surface area contributed by atoms with Gasteiger partial charge in [0.15, 0.2) is 5.11 Å². The van der Waals surface area contributed by atoms with E-state index in [0.717, 1.165) is 31.2 Å². The van der Waals surface area contributed by atoms with Crippen molar-refractivity contribution in [3.63, 3.8) is 0 Å². The monoisotopic (exact) mass is 299 g/mol. The van der Waals surface area contributed by atoms with Gasteiger partial charge in [-0.3, -0.25) is 4.90 Å². The molecule has 2 fully saturated rings. The molecule has 0 bridgehead atoms. The minimum atomic E-state index is 0.342. The summed E-state index contributed by atoms with van der Waals surface area (Å²) in [5.41, 5.74) is 0. The first-order valence-corrected chi connectivity index (χ1v) is 8.46. The summed E-state index contributed by atoms with van der Waals surface area (Å²) in [6, 6.07) is 1.24. The van der Waals surface area contributed by atoms with Crippen molar-refractivity contribution in [2.45, 2.75) is 64.1 Å². The minimum absolute atomic E-state index is 0.342. The van der Waals surface area contributed by atoms with E-state index in [2.05, 4.69) is 29.4 Å². The quantitative estimate of drug-likeness (QED) is 0.758. The van der Waals surface area contributed by atoms with Gasteiger partial charge in [0.05, 0.1) is 6.10 Å². The van der Waals surface area contributed by atoms with Crippen LogP contribution in [-0.4, -0.2) is 54.4 Å². The van der Waals surface area contributed by atoms with Crippen molar-refractivity contribution in [2.75, 3.05) is 26.2 Å². The molecule has 0 radical (unpaired) electrons. The zero-order valence-electron chi connectivity index (χ0n) is 12.9. The maximum atomic E-state index is 5.58. The molecule has 0 aromatic carbocycles. The molecule has 116 valence electrons. The highest BCUT2D eigenvalue weighted by molar-refractivity contribution is 7.80. The van der Waals surface area contributed by atoms with Gasteiger partial charge in [-0.05, 0) is 58.3 Å². The van der Waals surface area contributed by atoms with Crippen LogP contribution in [-0.2, 0) is 4.74 Å². The molecule has 3 atom stereocenters. The van der Waals surface area contributed by atoms with Crippen LogP contribution in [0.2, 0.25) is 0 Å². The first-order chi connectivity index (χ1) is 9.66. The van der Waals surface area contributed by atoms with Gasteiger partial charge in [-0.15, -0.1) is 0 Å². The number of hydrogen-bond acceptors (Lipinski definition) is 3. The molecule has 0 aliphatic carbocycles. The van der Waals surface area contributed by atoms with Crippen molar-refractivity contribution < 1.29 is 4.74 Å². The van der Waals surface area contributed by atoms with Gasteiger partial charge in [0, 0.05) is 31.8 Å². The average molecular weight is 299 g/mol. The predicted octanol–water partition coefficient (Wildman–Crippen LogP) is 1.89. The van der Waals surface area contributed by atoms with E-state index in [9.17, 15) is 0 Å². The summed E-state index contributed by atoms with van der Waals surface area (Å²) >= 11 is 5.34. The van der Waals surface area contributed by atoms with E-state index in [-0.39, 0.29) is 0 Å². The van der Waals surface area contributed by atoms with Crippen LogP contribution in [0.5, 0.6) is 0 Å². The topological polar surface area (TPSA) is 36.5 Å². The van der Waals surface area contributed by atoms with E-state index in [0.29, 0.717) is 18.2 Å². The fourth-order valence-electron chi connectivity index (χ4n) is 3.21. The maximum absolute atomic E-state index is 5.58. The number of nitrogens with zero attached hydrogens (tertiary/aromatic N) is 1. The lowest BCUT2D eigenvalue weighted by molar-refractivity contribution is 0.112. The summed E-state index contributed by atoms with van der Waals surface area (Å²) in [7, 11) is 0. The van der Waals surface area contributed by atoms with Gasteiger partial charge in [0.25, 0.3) is 0 Å². The second kappa shape index (κ2) is 8.15. The Labute approximate surface area is 128 Å². The second-order valence-corrected chi connectivity index (χ2v) is 6.57. The molecule has 2 N–H and O–H groups in total. The number of piperidine rings is 1. The summed E-state index contributed by atoms with van der Waals surface area (Å²) in [6.07, 6.45) is 6.70. The van der Waals surface area contributed by atoms with Crippen molar-refractivity contribution in [1.82, 2.24) is 15.5 Å². The Hall–Kier alpha value is -0.390. The molecule has 0 spiro atoms. The van der Waals surface area contributed by atoms with Crippen molar-refractivity contribution in [2.24, 2.45) is 0 Å². The van der Waals surface area contributed by atoms with Crippen LogP contribution in [0.1, 0.15) is 46.0 Å². The van der Waals surface area contributed by atoms with Crippen molar-refractivity contribution >= 4 is 17.3 Å². The highest BCUT2D eigenvalue weighted by Crippen LogP contribution is 2.18. The summed E-state index contributed by atoms with van der Waals surface area (Å²) in [6.45, 7) is 8.50. The van der Waals surface area contributed by atoms with E-state index in [1.165, 1.54) is 32.2 Å². The molecule has 2 aliphatic heterocycles. The molecule has 2 rings (SSSR count). The number of likely N-dealkylation sites (tertiary alicyclic amines) is 1. The fraction of sp³-hybridized carbons (Fsp3) is 0.933. The molecule has 5 heteroatoms. The van der Waals surface area contributed by atoms with Crippen LogP contribution < -0.4 is 10.6 Å². The zero-order chi connectivity index (χ0) is 14.4. The molecular formula is C15H29N3OS. The summed E-state index contributed by atoms with van der Waals surface area (Å²) in [4.78, 5) is 2.60. The third-order valence-corrected chi connectivity index (χ3v) is 4.78. The zero-order valence-corrected chi connectivity index (χ0v) is 13.7. The Balaban J connectivity index is 1.61. The van der Waals surface area contributed by atoms with E-state index in [1.807, 2.05) is 0 Å². The molecule has 0 saturated carbocycles. The van der Waals surface area contributed by atoms with Crippen molar-refractivity contribution in [3.05, 3.63) is 0 Å². The van der Waals surface area contributed by atoms with Crippen LogP contribution >= 0.6 is 12.2 Å². The van der Waals surface area contributed by atoms with Gasteiger partial charge in [-0.1, -0.05) is 6.42 Å². The molecule has 2 saturated heterocycles. The van der Waals surface area contributed by atoms with Gasteiger partial charge in [-0.25, -0.2) is 0 Å². The Morgan fingerprint density at radius 3 is 2.85 bits per heavy atom. The molecule has 0 amide bonds. The van der Waals surface area contributed by atoms with Gasteiger partial charge in [0.1, 0.15) is 0 Å². The fourth-order valence-corrected chi connectivity index (χ4v) is 3.37. The highest BCUT2D eigenvalue weighted by atomic mass is 32.1. The van der Waals surface area contributed by atoms with Crippen LogP contribution in [0.15, 0.2) is 0 Å². The standard InChI is InChI=1S/C15H29N3OS/c1-12-6-3-4-8-18(12)13(2)10-16-15(20)17-11-14-7-5-9-19-14/h12-14H,3-11H2,1-2H3,(H2,16,17,20). The van der Waals surface area contributed by atoms with Gasteiger partial charge in [0.2, 0.25) is 0 Å². The summed E-state index contributed by atoms with van der Waals surface area (Å²) in [5.74, 6) is 0. The first kappa shape index (κ1) is 16.0. The molecular weight excluding hydrogens is 270 g/mol. The molecule has 4 nitrogen and oxygen atoms in total. The van der Waals surface area contributed by atoms with Crippen LogP contribution in [0.4, 0.5) is 0 Å². The Kier molecular flexibility index (Phi) is 6.52. The average Bonchev–Trinajstić information content (AvgIpc) is 2.96. The Bertz CT molecular complexity index is 307. The third kappa shape index (κ3) is 4.86. The predicted molar refractivity (Wildman–Crippen MR) is 87.1 cm³/mol. The van der Waals surface area contributed by atoms with Crippen molar-refractivity contribution in [1.29, 1.82) is 0 Å². The summed E-state index contributed by atoms with van der Waals surface area (Å²) < 4.78 is 5.58. The largest absolute Gasteiger partial charge is 0.376 e. The molecule has 2 aliphatic rings. The van der Waals surface area contributed by atoms with Crippen LogP contribution in [0, 0.1) is 0 Å². The number of hydrogen-bond donors (Lipinski definition) is 2. The lowest BCUT2D eigenvalue weighted by Gasteiger charge is -2.38. The van der Waals surface area contributed by atoms with E-state index in [4.69, 9.17) is 17.0 Å². The van der Waals surface area contributed by atoms with Gasteiger partial charge in [-0.2, -0.15) is 0 Å². The van der Waals surface area contributed by atoms with Crippen LogP contribution in [0.25, 0.3) is 0 Å². The first-order valence-electron chi connectivity index (χ1n) is 8.06. The van der Waals surface area contributed by atoms with Gasteiger partial charge < -0.3 is 15.4 Å². The maximum Gasteiger partial charge on any atom is 0.166 e. The SMILES string of the molecule is CC1CCCCN1C(C)CNC(=S)NCC1CCCO1. The molecule has 3 unspecified atom stereocenters. The Morgan fingerprint density at radius 1 is 1.30 bits per heavy atom. The second-order valence-electron chi connectivity index (χ2n) is 6.16. The molecule has 0 aromatic rings. The lowest BCUT2D eigenvalue weighted by Crippen LogP contribution is -2.50. The number of nitrogens with one attached hydrogen (secondary N) is 2. The molecule has 20 heavy (non-hydrogen) atoms. The van der Waals surface area contributed by atoms with E-state index in [1.54, 1.807) is 0 Å². The number of thiocarbonyl (C=S) groups is 1. The smallest absolute Gasteiger partial charge is 0.166 e. The molecule has 0 aromatic heterocycles. The number of rotatable bonds is 5. The third-order valence-electron chi connectivity index (χ3n) is 4.49.